The van der Waals surface area contributed by atoms with Crippen molar-refractivity contribution in [3.05, 3.63) is 29.8 Å². The van der Waals surface area contributed by atoms with Gasteiger partial charge in [0.2, 0.25) is 0 Å². The highest BCUT2D eigenvalue weighted by Gasteiger charge is 2.36. The zero-order valence-electron chi connectivity index (χ0n) is 14.6. The van der Waals surface area contributed by atoms with Crippen molar-refractivity contribution in [2.24, 2.45) is 0 Å². The van der Waals surface area contributed by atoms with Crippen LogP contribution in [0.4, 0.5) is 10.5 Å². The summed E-state index contributed by atoms with van der Waals surface area (Å²) in [5, 5.41) is 2.87. The third-order valence-electron chi connectivity index (χ3n) is 3.98. The van der Waals surface area contributed by atoms with E-state index >= 15 is 0 Å². The number of carbonyl (C=O) groups is 1. The van der Waals surface area contributed by atoms with Crippen LogP contribution in [0.5, 0.6) is 0 Å². The van der Waals surface area contributed by atoms with Crippen LogP contribution in [-0.4, -0.2) is 30.8 Å². The van der Waals surface area contributed by atoms with Crippen LogP contribution in [-0.2, 0) is 10.2 Å². The van der Waals surface area contributed by atoms with E-state index in [9.17, 15) is 4.79 Å². The molecule has 1 aliphatic heterocycles. The van der Waals surface area contributed by atoms with Gasteiger partial charge in [-0.25, -0.2) is 4.79 Å². The summed E-state index contributed by atoms with van der Waals surface area (Å²) in [4.78, 5) is 14.2. The maximum Gasteiger partial charge on any atom is 0.407 e. The molecule has 1 unspecified atom stereocenters. The van der Waals surface area contributed by atoms with Crippen LogP contribution in [0.15, 0.2) is 24.3 Å². The maximum absolute atomic E-state index is 11.8. The second kappa shape index (κ2) is 5.82. The fraction of sp³-hybridized carbons (Fsp3) is 0.611. The van der Waals surface area contributed by atoms with Crippen LogP contribution in [0.25, 0.3) is 0 Å². The molecule has 0 radical (unpaired) electrons. The van der Waals surface area contributed by atoms with Crippen molar-refractivity contribution in [2.45, 2.75) is 58.6 Å². The molecule has 1 aromatic rings. The number of rotatable bonds is 3. The molecule has 1 N–H and O–H groups in total. The van der Waals surface area contributed by atoms with E-state index in [4.69, 9.17) is 4.74 Å². The number of amides is 1. The van der Waals surface area contributed by atoms with E-state index in [1.165, 1.54) is 11.3 Å². The van der Waals surface area contributed by atoms with Gasteiger partial charge < -0.3 is 15.0 Å². The van der Waals surface area contributed by atoms with Gasteiger partial charge in [-0.2, -0.15) is 0 Å². The number of nitrogens with one attached hydrogen (secondary N) is 1. The molecule has 1 amide bonds. The number of fused-ring (bicyclic) bond motifs is 1. The summed E-state index contributed by atoms with van der Waals surface area (Å²) < 4.78 is 5.29. The van der Waals surface area contributed by atoms with E-state index in [2.05, 4.69) is 55.3 Å². The molecule has 2 rings (SSSR count). The number of anilines is 1. The van der Waals surface area contributed by atoms with Gasteiger partial charge in [0, 0.05) is 30.2 Å². The van der Waals surface area contributed by atoms with Crippen LogP contribution in [0.3, 0.4) is 0 Å². The molecule has 1 aromatic carbocycles. The summed E-state index contributed by atoms with van der Waals surface area (Å²) in [6.07, 6.45) is -0.355. The Labute approximate surface area is 133 Å². The quantitative estimate of drug-likeness (QED) is 0.926. The number of carbonyl (C=O) groups excluding carboxylic acids is 1. The number of nitrogens with zero attached hydrogens (tertiary/aromatic N) is 1. The van der Waals surface area contributed by atoms with E-state index < -0.39 is 5.60 Å². The Morgan fingerprint density at radius 3 is 2.64 bits per heavy atom. The zero-order chi connectivity index (χ0) is 16.5. The number of benzene rings is 1. The molecule has 0 spiro atoms. The van der Waals surface area contributed by atoms with Gasteiger partial charge >= 0.3 is 6.09 Å². The molecule has 4 nitrogen and oxygen atoms in total. The lowest BCUT2D eigenvalue weighted by molar-refractivity contribution is 0.0525. The molecule has 0 fully saturated rings. The van der Waals surface area contributed by atoms with Gasteiger partial charge in [0.15, 0.2) is 0 Å². The summed E-state index contributed by atoms with van der Waals surface area (Å²) >= 11 is 0. The molecule has 1 atom stereocenters. The van der Waals surface area contributed by atoms with E-state index in [0.717, 1.165) is 6.54 Å². The van der Waals surface area contributed by atoms with Crippen LogP contribution < -0.4 is 10.2 Å². The third kappa shape index (κ3) is 3.73. The average Bonchev–Trinajstić information content (AvgIpc) is 2.67. The van der Waals surface area contributed by atoms with Gasteiger partial charge in [0.05, 0.1) is 0 Å². The Morgan fingerprint density at radius 2 is 2.00 bits per heavy atom. The number of hydrogen-bond acceptors (Lipinski definition) is 3. The van der Waals surface area contributed by atoms with Crippen molar-refractivity contribution in [3.8, 4) is 0 Å². The predicted molar refractivity (Wildman–Crippen MR) is 90.5 cm³/mol. The molecule has 0 saturated carbocycles. The van der Waals surface area contributed by atoms with Crippen molar-refractivity contribution in [3.63, 3.8) is 0 Å². The fourth-order valence-electron chi connectivity index (χ4n) is 2.94. The van der Waals surface area contributed by atoms with Crippen molar-refractivity contribution in [1.29, 1.82) is 0 Å². The fourth-order valence-corrected chi connectivity index (χ4v) is 2.94. The molecule has 0 saturated heterocycles. The first kappa shape index (κ1) is 16.7. The maximum atomic E-state index is 11.8. The number of hydrogen-bond donors (Lipinski definition) is 1. The van der Waals surface area contributed by atoms with Crippen molar-refractivity contribution < 1.29 is 9.53 Å². The Morgan fingerprint density at radius 1 is 1.36 bits per heavy atom. The summed E-state index contributed by atoms with van der Waals surface area (Å²) in [6.45, 7) is 13.8. The van der Waals surface area contributed by atoms with E-state index in [0.29, 0.717) is 6.54 Å². The normalized spacial score (nSPS) is 17.8. The summed E-state index contributed by atoms with van der Waals surface area (Å²) in [5.41, 5.74) is 2.32. The second-order valence-electron chi connectivity index (χ2n) is 7.76. The SMILES string of the molecule is CC(CNC(=O)OC(C)(C)C)N1CC(C)(C)c2ccccc21. The molecule has 0 bridgehead atoms. The van der Waals surface area contributed by atoms with Gasteiger partial charge in [-0.1, -0.05) is 32.0 Å². The molecular formula is C18H28N2O2. The first-order valence-corrected chi connectivity index (χ1v) is 7.93. The minimum Gasteiger partial charge on any atom is -0.444 e. The lowest BCUT2D eigenvalue weighted by Crippen LogP contribution is -2.44. The van der Waals surface area contributed by atoms with Crippen molar-refractivity contribution in [1.82, 2.24) is 5.32 Å². The lowest BCUT2D eigenvalue weighted by Gasteiger charge is -2.29. The van der Waals surface area contributed by atoms with E-state index in [1.54, 1.807) is 0 Å². The van der Waals surface area contributed by atoms with E-state index in [1.807, 2.05) is 20.8 Å². The lowest BCUT2D eigenvalue weighted by atomic mass is 9.87. The van der Waals surface area contributed by atoms with Crippen molar-refractivity contribution in [2.75, 3.05) is 18.0 Å². The molecular weight excluding hydrogens is 276 g/mol. The van der Waals surface area contributed by atoms with Gasteiger partial charge in [0.25, 0.3) is 0 Å². The molecule has 4 heteroatoms. The molecule has 1 aliphatic rings. The number of para-hydroxylation sites is 1. The van der Waals surface area contributed by atoms with Crippen LogP contribution >= 0.6 is 0 Å². The standard InChI is InChI=1S/C18H28N2O2/c1-13(11-19-16(21)22-17(2,3)4)20-12-18(5,6)14-9-7-8-10-15(14)20/h7-10,13H,11-12H2,1-6H3,(H,19,21). The van der Waals surface area contributed by atoms with Gasteiger partial charge in [-0.3, -0.25) is 0 Å². The van der Waals surface area contributed by atoms with Gasteiger partial charge in [-0.05, 0) is 39.3 Å². The van der Waals surface area contributed by atoms with Crippen LogP contribution in [0.2, 0.25) is 0 Å². The van der Waals surface area contributed by atoms with Crippen LogP contribution in [0, 0.1) is 0 Å². The Kier molecular flexibility index (Phi) is 4.41. The van der Waals surface area contributed by atoms with Crippen LogP contribution in [0.1, 0.15) is 47.1 Å². The first-order chi connectivity index (χ1) is 10.1. The largest absolute Gasteiger partial charge is 0.444 e. The van der Waals surface area contributed by atoms with Gasteiger partial charge in [0.1, 0.15) is 5.60 Å². The third-order valence-corrected chi connectivity index (χ3v) is 3.98. The summed E-state index contributed by atoms with van der Waals surface area (Å²) in [7, 11) is 0. The summed E-state index contributed by atoms with van der Waals surface area (Å²) in [5.74, 6) is 0. The highest BCUT2D eigenvalue weighted by atomic mass is 16.6. The topological polar surface area (TPSA) is 41.6 Å². The summed E-state index contributed by atoms with van der Waals surface area (Å²) in [6, 6.07) is 8.74. The number of ether oxygens (including phenoxy) is 1. The average molecular weight is 304 g/mol. The highest BCUT2D eigenvalue weighted by Crippen LogP contribution is 2.40. The predicted octanol–water partition coefficient (Wildman–Crippen LogP) is 3.70. The molecule has 1 heterocycles. The monoisotopic (exact) mass is 304 g/mol. The first-order valence-electron chi connectivity index (χ1n) is 7.93. The van der Waals surface area contributed by atoms with Crippen molar-refractivity contribution >= 4 is 11.8 Å². The Balaban J connectivity index is 2.00. The molecule has 122 valence electrons. The minimum absolute atomic E-state index is 0.136. The number of alkyl carbamates (subject to hydrolysis) is 1. The highest BCUT2D eigenvalue weighted by molar-refractivity contribution is 5.68. The second-order valence-corrected chi connectivity index (χ2v) is 7.76. The Hall–Kier alpha value is -1.71. The smallest absolute Gasteiger partial charge is 0.407 e. The van der Waals surface area contributed by atoms with E-state index in [-0.39, 0.29) is 17.6 Å². The molecule has 22 heavy (non-hydrogen) atoms. The zero-order valence-corrected chi connectivity index (χ0v) is 14.6. The Bertz CT molecular complexity index is 546. The minimum atomic E-state index is -0.463. The van der Waals surface area contributed by atoms with Gasteiger partial charge in [-0.15, -0.1) is 0 Å². The molecule has 0 aromatic heterocycles. The molecule has 0 aliphatic carbocycles.